The van der Waals surface area contributed by atoms with Crippen LogP contribution in [0.1, 0.15) is 63.0 Å². The van der Waals surface area contributed by atoms with E-state index in [1.54, 1.807) is 0 Å². The summed E-state index contributed by atoms with van der Waals surface area (Å²) < 4.78 is 0. The number of amides is 1. The lowest BCUT2D eigenvalue weighted by atomic mass is 9.68. The summed E-state index contributed by atoms with van der Waals surface area (Å²) in [6.45, 7) is 1.86. The molecule has 22 heavy (non-hydrogen) atoms. The van der Waals surface area contributed by atoms with Crippen molar-refractivity contribution in [1.82, 2.24) is 4.90 Å². The molecule has 120 valence electrons. The molecule has 0 aromatic heterocycles. The lowest BCUT2D eigenvalue weighted by Gasteiger charge is -2.44. The molecule has 1 saturated heterocycles. The van der Waals surface area contributed by atoms with Gasteiger partial charge in [0.25, 0.3) is 0 Å². The first-order valence-corrected chi connectivity index (χ1v) is 8.77. The average Bonchev–Trinajstić information content (AvgIpc) is 2.57. The van der Waals surface area contributed by atoms with Crippen molar-refractivity contribution < 1.29 is 4.79 Å². The molecule has 1 saturated carbocycles. The van der Waals surface area contributed by atoms with E-state index in [-0.39, 0.29) is 11.9 Å². The van der Waals surface area contributed by atoms with Crippen molar-refractivity contribution in [3.05, 3.63) is 35.9 Å². The highest BCUT2D eigenvalue weighted by Crippen LogP contribution is 2.44. The van der Waals surface area contributed by atoms with Gasteiger partial charge in [0, 0.05) is 25.6 Å². The average molecular weight is 300 g/mol. The van der Waals surface area contributed by atoms with Crippen molar-refractivity contribution in [1.29, 1.82) is 0 Å². The molecule has 1 heterocycles. The zero-order valence-electron chi connectivity index (χ0n) is 13.5. The van der Waals surface area contributed by atoms with Crippen LogP contribution in [0.15, 0.2) is 30.3 Å². The summed E-state index contributed by atoms with van der Waals surface area (Å²) in [5.74, 6) is 0.224. The molecule has 1 unspecified atom stereocenters. The molecule has 0 radical (unpaired) electrons. The molecule has 1 aromatic rings. The van der Waals surface area contributed by atoms with E-state index in [0.717, 1.165) is 18.7 Å². The van der Waals surface area contributed by atoms with Crippen LogP contribution in [0.4, 0.5) is 0 Å². The summed E-state index contributed by atoms with van der Waals surface area (Å²) in [4.78, 5) is 14.5. The number of hydrogen-bond donors (Lipinski definition) is 1. The summed E-state index contributed by atoms with van der Waals surface area (Å²) in [6, 6.07) is 9.77. The summed E-state index contributed by atoms with van der Waals surface area (Å²) in [7, 11) is 0. The van der Waals surface area contributed by atoms with Crippen LogP contribution in [-0.4, -0.2) is 23.9 Å². The Balaban J connectivity index is 1.51. The van der Waals surface area contributed by atoms with Crippen LogP contribution in [0.25, 0.3) is 0 Å². The van der Waals surface area contributed by atoms with Gasteiger partial charge in [-0.2, -0.15) is 0 Å². The van der Waals surface area contributed by atoms with Gasteiger partial charge in [0.15, 0.2) is 0 Å². The second kappa shape index (κ2) is 6.82. The van der Waals surface area contributed by atoms with Gasteiger partial charge in [-0.3, -0.25) is 4.79 Å². The second-order valence-corrected chi connectivity index (χ2v) is 7.16. The van der Waals surface area contributed by atoms with Gasteiger partial charge in [-0.25, -0.2) is 0 Å². The Bertz CT molecular complexity index is 483. The van der Waals surface area contributed by atoms with Gasteiger partial charge in [0.05, 0.1) is 0 Å². The van der Waals surface area contributed by atoms with Gasteiger partial charge in [-0.1, -0.05) is 49.6 Å². The van der Waals surface area contributed by atoms with Gasteiger partial charge in [-0.15, -0.1) is 0 Å². The van der Waals surface area contributed by atoms with E-state index in [0.29, 0.717) is 11.8 Å². The molecule has 1 aliphatic carbocycles. The number of nitrogens with two attached hydrogens (primary N) is 1. The van der Waals surface area contributed by atoms with Crippen LogP contribution in [0.5, 0.6) is 0 Å². The largest absolute Gasteiger partial charge is 0.343 e. The van der Waals surface area contributed by atoms with Gasteiger partial charge in [0.2, 0.25) is 5.91 Å². The highest BCUT2D eigenvalue weighted by molar-refractivity contribution is 5.77. The summed E-state index contributed by atoms with van der Waals surface area (Å²) in [5, 5.41) is 0. The van der Waals surface area contributed by atoms with Crippen molar-refractivity contribution in [3.8, 4) is 0 Å². The third kappa shape index (κ3) is 3.52. The van der Waals surface area contributed by atoms with Crippen LogP contribution in [0.3, 0.4) is 0 Å². The van der Waals surface area contributed by atoms with Crippen LogP contribution in [-0.2, 0) is 4.79 Å². The van der Waals surface area contributed by atoms with Crippen LogP contribution >= 0.6 is 0 Å². The minimum absolute atomic E-state index is 0.181. The maximum atomic E-state index is 12.5. The summed E-state index contributed by atoms with van der Waals surface area (Å²) >= 11 is 0. The third-order valence-corrected chi connectivity index (χ3v) is 5.71. The maximum Gasteiger partial charge on any atom is 0.224 e. The topological polar surface area (TPSA) is 46.3 Å². The van der Waals surface area contributed by atoms with Gasteiger partial charge >= 0.3 is 0 Å². The number of rotatable bonds is 3. The predicted molar refractivity (Wildman–Crippen MR) is 89.3 cm³/mol. The fourth-order valence-corrected chi connectivity index (χ4v) is 4.17. The monoisotopic (exact) mass is 300 g/mol. The molecule has 2 fully saturated rings. The number of hydrogen-bond acceptors (Lipinski definition) is 2. The molecule has 0 bridgehead atoms. The Labute approximate surface area is 133 Å². The minimum atomic E-state index is -0.181. The first-order chi connectivity index (χ1) is 10.7. The Morgan fingerprint density at radius 2 is 1.68 bits per heavy atom. The van der Waals surface area contributed by atoms with Crippen LogP contribution in [0, 0.1) is 5.41 Å². The standard InChI is InChI=1S/C19H28N2O/c20-17(16-7-3-1-4-8-16)15-18(22)21-13-11-19(12-14-21)9-5-2-6-10-19/h1,3-4,7-8,17H,2,5-6,9-15,20H2. The molecule has 1 amide bonds. The number of piperidine rings is 1. The smallest absolute Gasteiger partial charge is 0.224 e. The number of benzene rings is 1. The maximum absolute atomic E-state index is 12.5. The molecule has 2 N–H and O–H groups in total. The molecule has 3 nitrogen and oxygen atoms in total. The Kier molecular flexibility index (Phi) is 4.82. The highest BCUT2D eigenvalue weighted by Gasteiger charge is 2.36. The second-order valence-electron chi connectivity index (χ2n) is 7.16. The van der Waals surface area contributed by atoms with E-state index >= 15 is 0 Å². The molecule has 1 aliphatic heterocycles. The van der Waals surface area contributed by atoms with Gasteiger partial charge in [-0.05, 0) is 36.7 Å². The lowest BCUT2D eigenvalue weighted by molar-refractivity contribution is -0.134. The van der Waals surface area contributed by atoms with E-state index in [1.807, 2.05) is 35.2 Å². The fraction of sp³-hybridized carbons (Fsp3) is 0.632. The van der Waals surface area contributed by atoms with Gasteiger partial charge < -0.3 is 10.6 Å². The first-order valence-electron chi connectivity index (χ1n) is 8.77. The molecule has 3 rings (SSSR count). The molecular weight excluding hydrogens is 272 g/mol. The first kappa shape index (κ1) is 15.5. The van der Waals surface area contributed by atoms with Crippen molar-refractivity contribution in [2.75, 3.05) is 13.1 Å². The SMILES string of the molecule is NC(CC(=O)N1CCC2(CCCCC2)CC1)c1ccccc1. The minimum Gasteiger partial charge on any atom is -0.343 e. The number of nitrogens with zero attached hydrogens (tertiary/aromatic N) is 1. The quantitative estimate of drug-likeness (QED) is 0.926. The van der Waals surface area contributed by atoms with Crippen LogP contribution in [0.2, 0.25) is 0 Å². The van der Waals surface area contributed by atoms with Crippen molar-refractivity contribution in [2.45, 2.75) is 57.4 Å². The molecule has 1 spiro atoms. The highest BCUT2D eigenvalue weighted by atomic mass is 16.2. The lowest BCUT2D eigenvalue weighted by Crippen LogP contribution is -2.44. The third-order valence-electron chi connectivity index (χ3n) is 5.71. The van der Waals surface area contributed by atoms with Crippen molar-refractivity contribution in [3.63, 3.8) is 0 Å². The number of carbonyl (C=O) groups is 1. The van der Waals surface area contributed by atoms with E-state index in [1.165, 1.54) is 44.9 Å². The normalized spacial score (nSPS) is 22.5. The molecule has 1 aromatic carbocycles. The molecule has 2 aliphatic rings. The zero-order chi connectivity index (χ0) is 15.4. The van der Waals surface area contributed by atoms with Gasteiger partial charge in [0.1, 0.15) is 0 Å². The Morgan fingerprint density at radius 1 is 1.05 bits per heavy atom. The molecule has 1 atom stereocenters. The Hall–Kier alpha value is -1.35. The van der Waals surface area contributed by atoms with Crippen LogP contribution < -0.4 is 5.73 Å². The van der Waals surface area contributed by atoms with E-state index in [2.05, 4.69) is 0 Å². The Morgan fingerprint density at radius 3 is 2.32 bits per heavy atom. The van der Waals surface area contributed by atoms with E-state index in [9.17, 15) is 4.79 Å². The number of likely N-dealkylation sites (tertiary alicyclic amines) is 1. The fourth-order valence-electron chi connectivity index (χ4n) is 4.17. The predicted octanol–water partition coefficient (Wildman–Crippen LogP) is 3.65. The molecular formula is C19H28N2O. The number of carbonyl (C=O) groups excluding carboxylic acids is 1. The van der Waals surface area contributed by atoms with E-state index in [4.69, 9.17) is 5.73 Å². The zero-order valence-corrected chi connectivity index (χ0v) is 13.5. The molecule has 3 heteroatoms. The summed E-state index contributed by atoms with van der Waals surface area (Å²) in [6.07, 6.45) is 9.72. The van der Waals surface area contributed by atoms with E-state index < -0.39 is 0 Å². The summed E-state index contributed by atoms with van der Waals surface area (Å²) in [5.41, 5.74) is 7.80. The van der Waals surface area contributed by atoms with Crippen molar-refractivity contribution >= 4 is 5.91 Å². The van der Waals surface area contributed by atoms with Crippen molar-refractivity contribution in [2.24, 2.45) is 11.1 Å².